The molecule has 100 valence electrons. The molecule has 5 heteroatoms. The molecule has 0 aliphatic heterocycles. The molecule has 4 nitrogen and oxygen atoms in total. The molecule has 1 unspecified atom stereocenters. The van der Waals surface area contributed by atoms with Crippen molar-refractivity contribution in [3.05, 3.63) is 28.7 Å². The third kappa shape index (κ3) is 3.46. The van der Waals surface area contributed by atoms with E-state index in [0.717, 1.165) is 10.2 Å². The Labute approximate surface area is 116 Å². The Morgan fingerprint density at radius 2 is 1.94 bits per heavy atom. The Hall–Kier alpha value is -1.07. The zero-order chi connectivity index (χ0) is 13.6. The number of halogens is 1. The molecule has 0 aliphatic rings. The van der Waals surface area contributed by atoms with Crippen molar-refractivity contribution in [3.8, 4) is 0 Å². The minimum Gasteiger partial charge on any atom is -0.467 e. The summed E-state index contributed by atoms with van der Waals surface area (Å²) in [5.41, 5.74) is -0.000334. The van der Waals surface area contributed by atoms with Crippen LogP contribution in [0.3, 0.4) is 0 Å². The van der Waals surface area contributed by atoms with Crippen LogP contribution in [0.15, 0.2) is 28.7 Å². The number of nitrogens with one attached hydrogen (secondary N) is 1. The lowest BCUT2D eigenvalue weighted by molar-refractivity contribution is -0.148. The Bertz CT molecular complexity index is 394. The first kappa shape index (κ1) is 15.0. The van der Waals surface area contributed by atoms with Crippen molar-refractivity contribution >= 4 is 27.6 Å². The molecule has 0 fully saturated rings. The van der Waals surface area contributed by atoms with Gasteiger partial charge in [0.1, 0.15) is 0 Å². The SMILES string of the molecule is CCC(COC)(Nc1ccc(Br)cc1)C(=O)OC. The summed E-state index contributed by atoms with van der Waals surface area (Å²) in [7, 11) is 2.95. The normalized spacial score (nSPS) is 13.8. The van der Waals surface area contributed by atoms with Crippen LogP contribution in [0.4, 0.5) is 5.69 Å². The van der Waals surface area contributed by atoms with Crippen LogP contribution in [0.1, 0.15) is 13.3 Å². The zero-order valence-corrected chi connectivity index (χ0v) is 12.4. The molecule has 1 aromatic rings. The molecule has 1 N–H and O–H groups in total. The topological polar surface area (TPSA) is 47.6 Å². The first-order chi connectivity index (χ1) is 8.57. The van der Waals surface area contributed by atoms with E-state index in [4.69, 9.17) is 9.47 Å². The summed E-state index contributed by atoms with van der Waals surface area (Å²) in [5.74, 6) is -0.324. The standard InChI is InChI=1S/C13H18BrNO3/c1-4-13(9-17-2,12(16)18-3)15-11-7-5-10(14)6-8-11/h5-8,15H,4,9H2,1-3H3. The van der Waals surface area contributed by atoms with Gasteiger partial charge in [-0.25, -0.2) is 4.79 Å². The number of anilines is 1. The second-order valence-corrected chi connectivity index (χ2v) is 4.91. The van der Waals surface area contributed by atoms with E-state index in [1.165, 1.54) is 7.11 Å². The molecule has 0 amide bonds. The highest BCUT2D eigenvalue weighted by Crippen LogP contribution is 2.22. The van der Waals surface area contributed by atoms with E-state index < -0.39 is 5.54 Å². The summed E-state index contributed by atoms with van der Waals surface area (Å²) in [6, 6.07) is 7.61. The van der Waals surface area contributed by atoms with E-state index in [0.29, 0.717) is 6.42 Å². The molecule has 1 rings (SSSR count). The van der Waals surface area contributed by atoms with Crippen molar-refractivity contribution < 1.29 is 14.3 Å². The average Bonchev–Trinajstić information content (AvgIpc) is 2.39. The van der Waals surface area contributed by atoms with E-state index in [1.54, 1.807) is 7.11 Å². The Kier molecular flexibility index (Phi) is 5.62. The van der Waals surface area contributed by atoms with Gasteiger partial charge in [0, 0.05) is 17.3 Å². The van der Waals surface area contributed by atoms with Crippen LogP contribution < -0.4 is 5.32 Å². The summed E-state index contributed by atoms with van der Waals surface area (Å²) >= 11 is 3.37. The minimum absolute atomic E-state index is 0.256. The van der Waals surface area contributed by atoms with Gasteiger partial charge in [0.05, 0.1) is 13.7 Å². The maximum atomic E-state index is 12.0. The van der Waals surface area contributed by atoms with Crippen LogP contribution in [0.5, 0.6) is 0 Å². The van der Waals surface area contributed by atoms with Gasteiger partial charge in [-0.1, -0.05) is 22.9 Å². The van der Waals surface area contributed by atoms with E-state index >= 15 is 0 Å². The monoisotopic (exact) mass is 315 g/mol. The highest BCUT2D eigenvalue weighted by Gasteiger charge is 2.38. The molecule has 1 aromatic carbocycles. The smallest absolute Gasteiger partial charge is 0.333 e. The van der Waals surface area contributed by atoms with Gasteiger partial charge < -0.3 is 14.8 Å². The molecule has 1 atom stereocenters. The number of benzene rings is 1. The minimum atomic E-state index is -0.850. The molecular formula is C13H18BrNO3. The molecular weight excluding hydrogens is 298 g/mol. The van der Waals surface area contributed by atoms with Gasteiger partial charge in [-0.05, 0) is 30.7 Å². The van der Waals surface area contributed by atoms with E-state index in [9.17, 15) is 4.79 Å². The summed E-state index contributed by atoms with van der Waals surface area (Å²) in [4.78, 5) is 12.0. The summed E-state index contributed by atoms with van der Waals surface area (Å²) in [5, 5.41) is 3.20. The second-order valence-electron chi connectivity index (χ2n) is 3.99. The molecule has 18 heavy (non-hydrogen) atoms. The lowest BCUT2D eigenvalue weighted by Crippen LogP contribution is -2.50. The van der Waals surface area contributed by atoms with Crippen molar-refractivity contribution in [2.24, 2.45) is 0 Å². The average molecular weight is 316 g/mol. The maximum Gasteiger partial charge on any atom is 0.333 e. The van der Waals surface area contributed by atoms with Crippen molar-refractivity contribution in [2.45, 2.75) is 18.9 Å². The first-order valence-electron chi connectivity index (χ1n) is 5.69. The molecule has 0 radical (unpaired) electrons. The molecule has 0 spiro atoms. The van der Waals surface area contributed by atoms with Gasteiger partial charge in [-0.15, -0.1) is 0 Å². The summed E-state index contributed by atoms with van der Waals surface area (Å²) < 4.78 is 11.0. The fraction of sp³-hybridized carbons (Fsp3) is 0.462. The van der Waals surface area contributed by atoms with Gasteiger partial charge in [-0.2, -0.15) is 0 Å². The fourth-order valence-electron chi connectivity index (χ4n) is 1.73. The third-order valence-corrected chi connectivity index (χ3v) is 3.33. The van der Waals surface area contributed by atoms with Gasteiger partial charge >= 0.3 is 5.97 Å². The number of methoxy groups -OCH3 is 2. The van der Waals surface area contributed by atoms with Crippen molar-refractivity contribution in [3.63, 3.8) is 0 Å². The van der Waals surface area contributed by atoms with Crippen LogP contribution in [-0.4, -0.2) is 32.3 Å². The third-order valence-electron chi connectivity index (χ3n) is 2.80. The number of hydrogen-bond acceptors (Lipinski definition) is 4. The first-order valence-corrected chi connectivity index (χ1v) is 6.48. The van der Waals surface area contributed by atoms with Crippen LogP contribution in [0.2, 0.25) is 0 Å². The lowest BCUT2D eigenvalue weighted by atomic mass is 9.96. The van der Waals surface area contributed by atoms with Crippen LogP contribution >= 0.6 is 15.9 Å². The van der Waals surface area contributed by atoms with E-state index in [2.05, 4.69) is 21.2 Å². The Morgan fingerprint density at radius 1 is 1.33 bits per heavy atom. The van der Waals surface area contributed by atoms with Crippen molar-refractivity contribution in [1.82, 2.24) is 0 Å². The number of carbonyl (C=O) groups excluding carboxylic acids is 1. The molecule has 0 heterocycles. The van der Waals surface area contributed by atoms with Crippen molar-refractivity contribution in [2.75, 3.05) is 26.1 Å². The molecule has 0 aliphatic carbocycles. The zero-order valence-electron chi connectivity index (χ0n) is 10.8. The number of hydrogen-bond donors (Lipinski definition) is 1. The number of carbonyl (C=O) groups is 1. The molecule has 0 saturated carbocycles. The molecule has 0 bridgehead atoms. The highest BCUT2D eigenvalue weighted by molar-refractivity contribution is 9.10. The van der Waals surface area contributed by atoms with E-state index in [-0.39, 0.29) is 12.6 Å². The maximum absolute atomic E-state index is 12.0. The van der Waals surface area contributed by atoms with Crippen LogP contribution in [-0.2, 0) is 14.3 Å². The van der Waals surface area contributed by atoms with Crippen LogP contribution in [0, 0.1) is 0 Å². The summed E-state index contributed by atoms with van der Waals surface area (Å²) in [6.45, 7) is 2.17. The van der Waals surface area contributed by atoms with Gasteiger partial charge in [0.2, 0.25) is 0 Å². The molecule has 0 saturated heterocycles. The predicted molar refractivity (Wildman–Crippen MR) is 74.7 cm³/mol. The number of ether oxygens (including phenoxy) is 2. The van der Waals surface area contributed by atoms with Crippen molar-refractivity contribution in [1.29, 1.82) is 0 Å². The Morgan fingerprint density at radius 3 is 2.39 bits per heavy atom. The quantitative estimate of drug-likeness (QED) is 0.820. The summed E-state index contributed by atoms with van der Waals surface area (Å²) in [6.07, 6.45) is 0.573. The second kappa shape index (κ2) is 6.75. The van der Waals surface area contributed by atoms with Gasteiger partial charge in [-0.3, -0.25) is 0 Å². The van der Waals surface area contributed by atoms with Gasteiger partial charge in [0.15, 0.2) is 5.54 Å². The number of esters is 1. The highest BCUT2D eigenvalue weighted by atomic mass is 79.9. The Balaban J connectivity index is 2.96. The fourth-order valence-corrected chi connectivity index (χ4v) is 2.00. The number of rotatable bonds is 6. The van der Waals surface area contributed by atoms with Gasteiger partial charge in [0.25, 0.3) is 0 Å². The largest absolute Gasteiger partial charge is 0.467 e. The van der Waals surface area contributed by atoms with E-state index in [1.807, 2.05) is 31.2 Å². The predicted octanol–water partition coefficient (Wildman–Crippen LogP) is 2.83. The molecule has 0 aromatic heterocycles. The van der Waals surface area contributed by atoms with Crippen LogP contribution in [0.25, 0.3) is 0 Å². The lowest BCUT2D eigenvalue weighted by Gasteiger charge is -2.31.